The maximum Gasteiger partial charge on any atom is 0.253 e. The number of primary amides is 1. The number of carbonyl (C=O) groups is 2. The lowest BCUT2D eigenvalue weighted by atomic mass is 9.88. The molecule has 2 amide bonds. The maximum atomic E-state index is 13.6. The fourth-order valence-corrected chi connectivity index (χ4v) is 4.54. The van der Waals surface area contributed by atoms with E-state index in [1.54, 1.807) is 42.5 Å². The molecule has 4 N–H and O–H groups in total. The van der Waals surface area contributed by atoms with Crippen LogP contribution in [0.1, 0.15) is 49.5 Å². The van der Waals surface area contributed by atoms with Crippen LogP contribution in [0.15, 0.2) is 48.5 Å². The molecule has 2 aromatic carbocycles. The van der Waals surface area contributed by atoms with E-state index in [-0.39, 0.29) is 6.42 Å². The molecule has 5 atom stereocenters. The largest absolute Gasteiger partial charge is 0.394 e. The molecule has 0 spiro atoms. The van der Waals surface area contributed by atoms with E-state index in [9.17, 15) is 19.8 Å². The van der Waals surface area contributed by atoms with Crippen LogP contribution >= 0.6 is 23.2 Å². The van der Waals surface area contributed by atoms with Crippen LogP contribution < -0.4 is 5.73 Å². The van der Waals surface area contributed by atoms with Gasteiger partial charge in [0.15, 0.2) is 0 Å². The third kappa shape index (κ3) is 5.86. The third-order valence-corrected chi connectivity index (χ3v) is 6.23. The van der Waals surface area contributed by atoms with Crippen LogP contribution in [0.3, 0.4) is 0 Å². The summed E-state index contributed by atoms with van der Waals surface area (Å²) in [7, 11) is 0. The van der Waals surface area contributed by atoms with Gasteiger partial charge in [-0.15, -0.1) is 0 Å². The summed E-state index contributed by atoms with van der Waals surface area (Å²) in [6.45, 7) is 1.38. The zero-order chi connectivity index (χ0) is 24.1. The highest BCUT2D eigenvalue weighted by Crippen LogP contribution is 2.44. The van der Waals surface area contributed by atoms with E-state index in [1.165, 1.54) is 4.90 Å². The van der Waals surface area contributed by atoms with Gasteiger partial charge >= 0.3 is 0 Å². The molecule has 3 rings (SSSR count). The van der Waals surface area contributed by atoms with Gasteiger partial charge in [0.25, 0.3) is 5.91 Å². The number of rotatable bonds is 9. The molecular weight excluding hydrogens is 467 g/mol. The van der Waals surface area contributed by atoms with Crippen LogP contribution in [0.25, 0.3) is 0 Å². The predicted octanol–water partition coefficient (Wildman–Crippen LogP) is 3.40. The molecule has 7 nitrogen and oxygen atoms in total. The number of hydrogen-bond acceptors (Lipinski definition) is 5. The molecule has 1 fully saturated rings. The third-order valence-electron chi connectivity index (χ3n) is 5.74. The smallest absolute Gasteiger partial charge is 0.253 e. The highest BCUT2D eigenvalue weighted by molar-refractivity contribution is 6.30. The van der Waals surface area contributed by atoms with Gasteiger partial charge in [-0.05, 0) is 41.8 Å². The van der Waals surface area contributed by atoms with Gasteiger partial charge in [0.1, 0.15) is 18.2 Å². The van der Waals surface area contributed by atoms with Crippen LogP contribution in [0.2, 0.25) is 10.0 Å². The number of hydrogen-bond donors (Lipinski definition) is 3. The first-order chi connectivity index (χ1) is 15.8. The van der Waals surface area contributed by atoms with Crippen molar-refractivity contribution in [2.75, 3.05) is 6.61 Å². The van der Waals surface area contributed by atoms with Crippen LogP contribution in [0, 0.1) is 0 Å². The topological polar surface area (TPSA) is 113 Å². The lowest BCUT2D eigenvalue weighted by molar-refractivity contribution is -0.185. The van der Waals surface area contributed by atoms with E-state index in [4.69, 9.17) is 33.7 Å². The summed E-state index contributed by atoms with van der Waals surface area (Å²) in [5, 5.41) is 20.4. The van der Waals surface area contributed by atoms with Crippen molar-refractivity contribution in [3.8, 4) is 0 Å². The number of ether oxygens (including phenoxy) is 1. The predicted molar refractivity (Wildman–Crippen MR) is 126 cm³/mol. The minimum Gasteiger partial charge on any atom is -0.394 e. The Morgan fingerprint density at radius 2 is 1.85 bits per heavy atom. The summed E-state index contributed by atoms with van der Waals surface area (Å²) in [5.41, 5.74) is 7.16. The minimum absolute atomic E-state index is 0.131. The molecule has 1 heterocycles. The fraction of sp³-hybridized carbons (Fsp3) is 0.417. The van der Waals surface area contributed by atoms with E-state index >= 15 is 0 Å². The van der Waals surface area contributed by atoms with Gasteiger partial charge in [-0.2, -0.15) is 0 Å². The lowest BCUT2D eigenvalue weighted by Gasteiger charge is -2.47. The van der Waals surface area contributed by atoms with Gasteiger partial charge in [-0.1, -0.05) is 60.8 Å². The molecule has 9 heteroatoms. The summed E-state index contributed by atoms with van der Waals surface area (Å²) in [5.74, 6) is -1.10. The molecule has 178 valence electrons. The Morgan fingerprint density at radius 3 is 2.42 bits per heavy atom. The Hall–Kier alpha value is -2.16. The second-order valence-corrected chi connectivity index (χ2v) is 8.99. The number of nitrogens with two attached hydrogens (primary N) is 1. The Kier molecular flexibility index (Phi) is 8.73. The number of aliphatic hydroxyl groups excluding tert-OH is 2. The van der Waals surface area contributed by atoms with E-state index in [1.807, 2.05) is 13.0 Å². The molecule has 33 heavy (non-hydrogen) atoms. The Labute approximate surface area is 203 Å². The Morgan fingerprint density at radius 1 is 1.15 bits per heavy atom. The van der Waals surface area contributed by atoms with E-state index < -0.39 is 48.8 Å². The van der Waals surface area contributed by atoms with E-state index in [0.717, 1.165) is 0 Å². The molecule has 1 aliphatic heterocycles. The standard InChI is InChI=1S/C24H28Cl2N2O5/c1-2-4-19(23(27)31)28-21(14-7-9-16(25)10-8-14)22(15-5-3-6-17(26)11-15)33-20(24(28)32)12-18(30)13-29/h3,5-11,18-22,29-30H,2,4,12-13H2,1H3,(H2,27,31)/t18-,19?,20-,21+,22-/m1/s1. The number of amides is 2. The van der Waals surface area contributed by atoms with Crippen molar-refractivity contribution in [1.29, 1.82) is 0 Å². The SMILES string of the molecule is CCCC(C(N)=O)N1C(=O)[C@@H](C[C@@H](O)CO)O[C@H](c2cccc(Cl)c2)[C@@H]1c1ccc(Cl)cc1. The first-order valence-electron chi connectivity index (χ1n) is 10.8. The monoisotopic (exact) mass is 494 g/mol. The van der Waals surface area contributed by atoms with Crippen molar-refractivity contribution in [1.82, 2.24) is 4.90 Å². The van der Waals surface area contributed by atoms with Crippen molar-refractivity contribution in [2.24, 2.45) is 5.73 Å². The van der Waals surface area contributed by atoms with Gasteiger partial charge in [0.05, 0.1) is 18.8 Å². The van der Waals surface area contributed by atoms with Gasteiger partial charge in [0, 0.05) is 16.5 Å². The zero-order valence-electron chi connectivity index (χ0n) is 18.2. The highest BCUT2D eigenvalue weighted by Gasteiger charge is 2.48. The molecule has 1 unspecified atom stereocenters. The van der Waals surface area contributed by atoms with Crippen LogP contribution in [-0.4, -0.2) is 51.8 Å². The van der Waals surface area contributed by atoms with E-state index in [0.29, 0.717) is 34.0 Å². The molecule has 1 aliphatic rings. The molecule has 0 aliphatic carbocycles. The Balaban J connectivity index is 2.18. The first kappa shape index (κ1) is 25.5. The number of morpholine rings is 1. The maximum absolute atomic E-state index is 13.6. The second kappa shape index (κ2) is 11.3. The average Bonchev–Trinajstić information content (AvgIpc) is 2.79. The first-order valence-corrected chi connectivity index (χ1v) is 11.6. The highest BCUT2D eigenvalue weighted by atomic mass is 35.5. The summed E-state index contributed by atoms with van der Waals surface area (Å²) in [6.07, 6.45) is -2.10. The van der Waals surface area contributed by atoms with Crippen LogP contribution in [0.5, 0.6) is 0 Å². The number of halogens is 2. The Bertz CT molecular complexity index is 972. The van der Waals surface area contributed by atoms with Crippen molar-refractivity contribution in [2.45, 2.75) is 56.6 Å². The van der Waals surface area contributed by atoms with Crippen LogP contribution in [-0.2, 0) is 14.3 Å². The van der Waals surface area contributed by atoms with E-state index in [2.05, 4.69) is 0 Å². The molecule has 0 saturated carbocycles. The number of nitrogens with zero attached hydrogens (tertiary/aromatic N) is 1. The summed E-state index contributed by atoms with van der Waals surface area (Å²) >= 11 is 12.3. The lowest BCUT2D eigenvalue weighted by Crippen LogP contribution is -2.58. The molecule has 1 saturated heterocycles. The normalized spacial score (nSPS) is 22.8. The van der Waals surface area contributed by atoms with Gasteiger partial charge in [-0.3, -0.25) is 9.59 Å². The molecule has 0 radical (unpaired) electrons. The molecule has 0 bridgehead atoms. The molecule has 2 aromatic rings. The van der Waals surface area contributed by atoms with Crippen molar-refractivity contribution in [3.63, 3.8) is 0 Å². The van der Waals surface area contributed by atoms with Crippen molar-refractivity contribution < 1.29 is 24.5 Å². The molecule has 0 aromatic heterocycles. The number of carbonyl (C=O) groups excluding carboxylic acids is 2. The quantitative estimate of drug-likeness (QED) is 0.494. The summed E-state index contributed by atoms with van der Waals surface area (Å²) < 4.78 is 6.24. The van der Waals surface area contributed by atoms with Crippen LogP contribution in [0.4, 0.5) is 0 Å². The zero-order valence-corrected chi connectivity index (χ0v) is 19.7. The van der Waals surface area contributed by atoms with Crippen molar-refractivity contribution in [3.05, 3.63) is 69.7 Å². The van der Waals surface area contributed by atoms with Crippen molar-refractivity contribution >= 4 is 35.0 Å². The molecular formula is C24H28Cl2N2O5. The number of benzene rings is 2. The summed E-state index contributed by atoms with van der Waals surface area (Å²) in [4.78, 5) is 27.6. The van der Waals surface area contributed by atoms with Gasteiger partial charge in [-0.25, -0.2) is 0 Å². The van der Waals surface area contributed by atoms with Gasteiger partial charge < -0.3 is 25.6 Å². The fourth-order valence-electron chi connectivity index (χ4n) is 4.22. The minimum atomic E-state index is -1.16. The summed E-state index contributed by atoms with van der Waals surface area (Å²) in [6, 6.07) is 12.4. The average molecular weight is 495 g/mol. The van der Waals surface area contributed by atoms with Gasteiger partial charge in [0.2, 0.25) is 5.91 Å². The number of aliphatic hydroxyl groups is 2. The second-order valence-electron chi connectivity index (χ2n) is 8.12.